The number of anilines is 1. The topological polar surface area (TPSA) is 160 Å². The van der Waals surface area contributed by atoms with Crippen LogP contribution in [0.15, 0.2) is 42.5 Å². The maximum absolute atomic E-state index is 12.6. The number of fused-ring (bicyclic) bond motifs is 15. The molecule has 3 aliphatic heterocycles. The van der Waals surface area contributed by atoms with E-state index in [4.69, 9.17) is 5.73 Å². The zero-order chi connectivity index (χ0) is 29.0. The van der Waals surface area contributed by atoms with Gasteiger partial charge in [-0.1, -0.05) is 24.3 Å². The van der Waals surface area contributed by atoms with Crippen molar-refractivity contribution in [3.05, 3.63) is 59.2 Å². The molecule has 0 unspecified atom stereocenters. The molecular formula is C30H49N9O2. The lowest BCUT2D eigenvalue weighted by atomic mass is 9.97. The number of aromatic hydroxyl groups is 1. The van der Waals surface area contributed by atoms with Crippen LogP contribution >= 0.6 is 0 Å². The van der Waals surface area contributed by atoms with E-state index in [1.54, 1.807) is 6.07 Å². The van der Waals surface area contributed by atoms with Gasteiger partial charge in [-0.3, -0.25) is 4.79 Å². The van der Waals surface area contributed by atoms with Crippen molar-refractivity contribution >= 4 is 11.6 Å². The first kappa shape index (κ1) is 31.3. The van der Waals surface area contributed by atoms with E-state index in [1.807, 2.05) is 43.3 Å². The lowest BCUT2D eigenvalue weighted by Gasteiger charge is -2.37. The van der Waals surface area contributed by atoms with E-state index >= 15 is 0 Å². The SMILES string of the molecule is Cc1ccc(CC(=O)Nc2ccc(CNC34CNCCNCC(N)(CNCCNC3)CNCCNC4)cc2)cc1O. The molecule has 0 aliphatic carbocycles. The van der Waals surface area contributed by atoms with Crippen molar-refractivity contribution in [1.29, 1.82) is 0 Å². The Morgan fingerprint density at radius 3 is 1.78 bits per heavy atom. The Hall–Kier alpha value is -2.61. The maximum atomic E-state index is 12.6. The van der Waals surface area contributed by atoms with Crippen LogP contribution in [0.1, 0.15) is 16.7 Å². The number of hydrogen-bond donors (Lipinski definition) is 10. The molecule has 0 atom stereocenters. The van der Waals surface area contributed by atoms with Crippen molar-refractivity contribution in [1.82, 2.24) is 37.2 Å². The van der Waals surface area contributed by atoms with Crippen LogP contribution in [0.5, 0.6) is 5.75 Å². The summed E-state index contributed by atoms with van der Waals surface area (Å²) < 4.78 is 0. The van der Waals surface area contributed by atoms with Gasteiger partial charge in [0, 0.05) is 90.8 Å². The third kappa shape index (κ3) is 10.3. The van der Waals surface area contributed by atoms with Crippen molar-refractivity contribution in [3.63, 3.8) is 0 Å². The number of phenolic OH excluding ortho intramolecular Hbond substituents is 1. The van der Waals surface area contributed by atoms with Gasteiger partial charge in [0.25, 0.3) is 0 Å². The van der Waals surface area contributed by atoms with Gasteiger partial charge in [0.15, 0.2) is 0 Å². The molecule has 0 saturated carbocycles. The Bertz CT molecular complexity index is 1050. The highest BCUT2D eigenvalue weighted by molar-refractivity contribution is 5.92. The van der Waals surface area contributed by atoms with E-state index in [0.29, 0.717) is 6.54 Å². The third-order valence-electron chi connectivity index (χ3n) is 7.80. The van der Waals surface area contributed by atoms with Crippen LogP contribution in [0.4, 0.5) is 5.69 Å². The lowest BCUT2D eigenvalue weighted by molar-refractivity contribution is -0.115. The smallest absolute Gasteiger partial charge is 0.228 e. The molecule has 3 heterocycles. The number of carbonyl (C=O) groups is 1. The minimum atomic E-state index is -0.330. The van der Waals surface area contributed by atoms with Gasteiger partial charge < -0.3 is 53.4 Å². The van der Waals surface area contributed by atoms with Crippen molar-refractivity contribution in [2.75, 3.05) is 83.9 Å². The first-order chi connectivity index (χ1) is 19.8. The normalized spacial score (nSPS) is 25.2. The molecule has 11 nitrogen and oxygen atoms in total. The minimum Gasteiger partial charge on any atom is -0.508 e. The first-order valence-electron chi connectivity index (χ1n) is 14.8. The van der Waals surface area contributed by atoms with Gasteiger partial charge in [-0.25, -0.2) is 0 Å². The van der Waals surface area contributed by atoms with Gasteiger partial charge in [-0.15, -0.1) is 0 Å². The molecule has 1 amide bonds. The summed E-state index contributed by atoms with van der Waals surface area (Å²) in [6.45, 7) is 12.4. The molecule has 3 fully saturated rings. The molecule has 2 aromatic carbocycles. The number of rotatable bonds is 6. The van der Waals surface area contributed by atoms with Crippen LogP contribution in [0.2, 0.25) is 0 Å². The van der Waals surface area contributed by atoms with Crippen molar-refractivity contribution < 1.29 is 9.90 Å². The quantitative estimate of drug-likeness (QED) is 0.209. The molecule has 226 valence electrons. The predicted octanol–water partition coefficient (Wildman–Crippen LogP) is -1.03. The fourth-order valence-electron chi connectivity index (χ4n) is 5.24. The maximum Gasteiger partial charge on any atom is 0.228 e. The summed E-state index contributed by atoms with van der Waals surface area (Å²) in [7, 11) is 0. The van der Waals surface area contributed by atoms with E-state index in [9.17, 15) is 9.90 Å². The van der Waals surface area contributed by atoms with E-state index in [0.717, 1.165) is 101 Å². The van der Waals surface area contributed by atoms with Crippen LogP contribution in [-0.2, 0) is 17.8 Å². The van der Waals surface area contributed by atoms with Crippen molar-refractivity contribution in [2.24, 2.45) is 5.73 Å². The Kier molecular flexibility index (Phi) is 11.9. The molecule has 2 aromatic rings. The molecule has 3 aliphatic rings. The first-order valence-corrected chi connectivity index (χ1v) is 14.8. The van der Waals surface area contributed by atoms with Gasteiger partial charge in [0.05, 0.1) is 17.5 Å². The highest BCUT2D eigenvalue weighted by Crippen LogP contribution is 2.18. The Labute approximate surface area is 244 Å². The predicted molar refractivity (Wildman–Crippen MR) is 165 cm³/mol. The molecule has 2 bridgehead atoms. The molecule has 0 aromatic heterocycles. The van der Waals surface area contributed by atoms with Crippen LogP contribution in [-0.4, -0.2) is 101 Å². The Morgan fingerprint density at radius 1 is 0.780 bits per heavy atom. The molecule has 41 heavy (non-hydrogen) atoms. The zero-order valence-electron chi connectivity index (χ0n) is 24.4. The zero-order valence-corrected chi connectivity index (χ0v) is 24.4. The van der Waals surface area contributed by atoms with Gasteiger partial charge in [-0.2, -0.15) is 0 Å². The number of carbonyl (C=O) groups excluding carboxylic acids is 1. The number of nitrogens with two attached hydrogens (primary N) is 1. The summed E-state index contributed by atoms with van der Waals surface area (Å²) >= 11 is 0. The van der Waals surface area contributed by atoms with Crippen LogP contribution in [0.25, 0.3) is 0 Å². The molecule has 3 saturated heterocycles. The third-order valence-corrected chi connectivity index (χ3v) is 7.80. The molecule has 0 radical (unpaired) electrons. The highest BCUT2D eigenvalue weighted by Gasteiger charge is 2.30. The largest absolute Gasteiger partial charge is 0.508 e. The van der Waals surface area contributed by atoms with Crippen LogP contribution in [0.3, 0.4) is 0 Å². The summed E-state index contributed by atoms with van der Waals surface area (Å²) in [6, 6.07) is 13.3. The number of aryl methyl sites for hydroxylation is 1. The van der Waals surface area contributed by atoms with E-state index < -0.39 is 0 Å². The number of benzene rings is 2. The van der Waals surface area contributed by atoms with E-state index in [1.165, 1.54) is 0 Å². The highest BCUT2D eigenvalue weighted by atomic mass is 16.3. The summed E-state index contributed by atoms with van der Waals surface area (Å²) in [6.07, 6.45) is 0.209. The molecule has 0 spiro atoms. The van der Waals surface area contributed by atoms with E-state index in [-0.39, 0.29) is 29.2 Å². The number of phenols is 1. The van der Waals surface area contributed by atoms with Gasteiger partial charge >= 0.3 is 0 Å². The molecule has 11 heteroatoms. The lowest BCUT2D eigenvalue weighted by Crippen LogP contribution is -2.66. The number of amides is 1. The monoisotopic (exact) mass is 567 g/mol. The average Bonchev–Trinajstić information content (AvgIpc) is 2.95. The van der Waals surface area contributed by atoms with Gasteiger partial charge in [0.1, 0.15) is 5.75 Å². The number of nitrogens with one attached hydrogen (secondary N) is 8. The fraction of sp³-hybridized carbons (Fsp3) is 0.567. The summed E-state index contributed by atoms with van der Waals surface area (Å²) in [5.41, 5.74) is 9.65. The second-order valence-electron chi connectivity index (χ2n) is 11.6. The second kappa shape index (κ2) is 15.6. The summed E-state index contributed by atoms with van der Waals surface area (Å²) in [5.74, 6) is 0.0936. The van der Waals surface area contributed by atoms with Gasteiger partial charge in [0.2, 0.25) is 5.91 Å². The van der Waals surface area contributed by atoms with Crippen LogP contribution in [0, 0.1) is 6.92 Å². The van der Waals surface area contributed by atoms with Crippen LogP contribution < -0.4 is 48.3 Å². The molecule has 5 rings (SSSR count). The fourth-order valence-corrected chi connectivity index (χ4v) is 5.24. The van der Waals surface area contributed by atoms with Crippen molar-refractivity contribution in [2.45, 2.75) is 31.0 Å². The number of hydrogen-bond acceptors (Lipinski definition) is 10. The Balaban J connectivity index is 1.36. The van der Waals surface area contributed by atoms with Gasteiger partial charge in [-0.05, 0) is 41.8 Å². The standard InChI is InChI=1S/C30H49N9O2/c1-23-2-3-25(14-27(23)40)15-28(41)39-26-6-4-24(5-7-26)16-38-30-20-35-11-8-32-17-29(31,18-33-9-12-36-21-30)19-34-10-13-37-22-30/h2-7,14,32-38,40H,8-13,15-22,31H2,1H3,(H,39,41). The Morgan fingerprint density at radius 2 is 1.27 bits per heavy atom. The average molecular weight is 568 g/mol. The minimum absolute atomic E-state index is 0.115. The summed E-state index contributed by atoms with van der Waals surface area (Å²) in [5, 5.41) is 38.3. The molecular weight excluding hydrogens is 518 g/mol. The molecule has 11 N–H and O–H groups in total. The second-order valence-corrected chi connectivity index (χ2v) is 11.6. The summed E-state index contributed by atoms with van der Waals surface area (Å²) in [4.78, 5) is 12.6. The van der Waals surface area contributed by atoms with Crippen molar-refractivity contribution in [3.8, 4) is 5.75 Å². The van der Waals surface area contributed by atoms with E-state index in [2.05, 4.69) is 42.5 Å².